The maximum absolute atomic E-state index is 14.6. The first-order chi connectivity index (χ1) is 17.8. The van der Waals surface area contributed by atoms with Crippen molar-refractivity contribution in [1.29, 1.82) is 0 Å². The van der Waals surface area contributed by atoms with Crippen LogP contribution in [0.2, 0.25) is 5.02 Å². The fourth-order valence-corrected chi connectivity index (χ4v) is 4.30. The van der Waals surface area contributed by atoms with Gasteiger partial charge in [-0.2, -0.15) is 13.2 Å². The summed E-state index contributed by atoms with van der Waals surface area (Å²) in [5, 5.41) is 8.17. The molecule has 10 heteroatoms. The molecule has 0 saturated carbocycles. The van der Waals surface area contributed by atoms with Crippen molar-refractivity contribution in [2.45, 2.75) is 19.6 Å². The molecule has 0 spiro atoms. The Balaban J connectivity index is 1.71. The Bertz CT molecular complexity index is 1580. The summed E-state index contributed by atoms with van der Waals surface area (Å²) in [5.41, 5.74) is -0.383. The fourth-order valence-electron chi connectivity index (χ4n) is 4.17. The van der Waals surface area contributed by atoms with Crippen LogP contribution in [0.1, 0.15) is 34.4 Å². The van der Waals surface area contributed by atoms with Crippen LogP contribution in [0.5, 0.6) is 5.75 Å². The number of hydrogen-bond donors (Lipinski definition) is 0. The van der Waals surface area contributed by atoms with Crippen LogP contribution in [-0.2, 0) is 12.7 Å². The molecule has 5 aromatic rings. The molecule has 0 aliphatic rings. The summed E-state index contributed by atoms with van der Waals surface area (Å²) in [6.45, 7) is 1.91. The molecule has 2 aromatic heterocycles. The molecule has 0 atom stereocenters. The summed E-state index contributed by atoms with van der Waals surface area (Å²) < 4.78 is 56.0. The average molecular weight is 526 g/mol. The van der Waals surface area contributed by atoms with Crippen molar-refractivity contribution in [3.05, 3.63) is 101 Å². The molecule has 0 amide bonds. The van der Waals surface area contributed by atoms with Crippen molar-refractivity contribution in [2.75, 3.05) is 6.61 Å². The molecule has 0 radical (unpaired) electrons. The van der Waals surface area contributed by atoms with Gasteiger partial charge in [-0.05, 0) is 55.0 Å². The smallest absolute Gasteiger partial charge is 0.432 e. The zero-order chi connectivity index (χ0) is 26.2. The minimum atomic E-state index is -4.87. The zero-order valence-electron chi connectivity index (χ0n) is 19.4. The largest absolute Gasteiger partial charge is 0.494 e. The Morgan fingerprint density at radius 3 is 2.43 bits per heavy atom. The summed E-state index contributed by atoms with van der Waals surface area (Å²) >= 11 is 5.95. The minimum Gasteiger partial charge on any atom is -0.494 e. The summed E-state index contributed by atoms with van der Waals surface area (Å²) in [6.07, 6.45) is -4.87. The molecular weight excluding hydrogens is 507 g/mol. The van der Waals surface area contributed by atoms with Gasteiger partial charge in [0.2, 0.25) is 5.89 Å². The number of benzene rings is 3. The van der Waals surface area contributed by atoms with Crippen LogP contribution in [0.15, 0.2) is 77.2 Å². The third kappa shape index (κ3) is 4.82. The summed E-state index contributed by atoms with van der Waals surface area (Å²) in [6, 6.07) is 19.6. The van der Waals surface area contributed by atoms with Crippen LogP contribution in [-0.4, -0.2) is 27.2 Å². The summed E-state index contributed by atoms with van der Waals surface area (Å²) in [5.74, 6) is -1.22. The SMILES string of the molecule is CCOc1ccc2c(c1)c(C(=O)c1nnc(-c3ccccc3)o1)c(C(F)(F)F)n2Cc1ccc(Cl)cc1. The summed E-state index contributed by atoms with van der Waals surface area (Å²) in [4.78, 5) is 13.6. The van der Waals surface area contributed by atoms with Crippen molar-refractivity contribution in [3.8, 4) is 17.2 Å². The molecule has 0 saturated heterocycles. The van der Waals surface area contributed by atoms with E-state index in [4.69, 9.17) is 20.8 Å². The predicted molar refractivity (Wildman–Crippen MR) is 132 cm³/mol. The van der Waals surface area contributed by atoms with Gasteiger partial charge in [-0.1, -0.05) is 41.9 Å². The van der Waals surface area contributed by atoms with Gasteiger partial charge in [0.15, 0.2) is 0 Å². The van der Waals surface area contributed by atoms with E-state index in [-0.39, 0.29) is 23.3 Å². The second-order valence-electron chi connectivity index (χ2n) is 8.15. The highest BCUT2D eigenvalue weighted by atomic mass is 35.5. The molecule has 0 N–H and O–H groups in total. The Morgan fingerprint density at radius 1 is 1.03 bits per heavy atom. The number of ether oxygens (including phenoxy) is 1. The van der Waals surface area contributed by atoms with E-state index in [0.29, 0.717) is 28.5 Å². The second kappa shape index (κ2) is 9.74. The first-order valence-corrected chi connectivity index (χ1v) is 11.7. The molecule has 0 aliphatic heterocycles. The Morgan fingerprint density at radius 2 is 1.76 bits per heavy atom. The average Bonchev–Trinajstić information content (AvgIpc) is 3.49. The molecule has 0 bridgehead atoms. The lowest BCUT2D eigenvalue weighted by Crippen LogP contribution is -2.19. The van der Waals surface area contributed by atoms with Gasteiger partial charge in [-0.15, -0.1) is 10.2 Å². The van der Waals surface area contributed by atoms with Crippen molar-refractivity contribution in [3.63, 3.8) is 0 Å². The van der Waals surface area contributed by atoms with Gasteiger partial charge in [0.25, 0.3) is 11.7 Å². The van der Waals surface area contributed by atoms with Gasteiger partial charge >= 0.3 is 6.18 Å². The molecular formula is C27H19ClF3N3O3. The number of hydrogen-bond acceptors (Lipinski definition) is 5. The van der Waals surface area contributed by atoms with Gasteiger partial charge in [0.1, 0.15) is 11.4 Å². The molecule has 0 unspecified atom stereocenters. The van der Waals surface area contributed by atoms with Crippen LogP contribution >= 0.6 is 11.6 Å². The second-order valence-corrected chi connectivity index (χ2v) is 8.59. The summed E-state index contributed by atoms with van der Waals surface area (Å²) in [7, 11) is 0. The van der Waals surface area contributed by atoms with E-state index in [0.717, 1.165) is 4.57 Å². The van der Waals surface area contributed by atoms with E-state index >= 15 is 0 Å². The zero-order valence-corrected chi connectivity index (χ0v) is 20.2. The van der Waals surface area contributed by atoms with Crippen LogP contribution in [0, 0.1) is 0 Å². The lowest BCUT2D eigenvalue weighted by atomic mass is 10.1. The van der Waals surface area contributed by atoms with Crippen molar-refractivity contribution in [1.82, 2.24) is 14.8 Å². The van der Waals surface area contributed by atoms with Gasteiger partial charge < -0.3 is 13.7 Å². The van der Waals surface area contributed by atoms with E-state index in [9.17, 15) is 18.0 Å². The number of carbonyl (C=O) groups is 1. The first-order valence-electron chi connectivity index (χ1n) is 11.3. The van der Waals surface area contributed by atoms with Gasteiger partial charge in [0.05, 0.1) is 12.2 Å². The Hall–Kier alpha value is -4.11. The van der Waals surface area contributed by atoms with E-state index in [2.05, 4.69) is 10.2 Å². The van der Waals surface area contributed by atoms with Crippen LogP contribution in [0.25, 0.3) is 22.4 Å². The predicted octanol–water partition coefficient (Wildman–Crippen LogP) is 7.04. The molecule has 0 fully saturated rings. The van der Waals surface area contributed by atoms with Gasteiger partial charge in [0, 0.05) is 28.0 Å². The highest BCUT2D eigenvalue weighted by Crippen LogP contribution is 2.41. The van der Waals surface area contributed by atoms with Crippen LogP contribution < -0.4 is 4.74 Å². The van der Waals surface area contributed by atoms with Crippen molar-refractivity contribution < 1.29 is 27.1 Å². The van der Waals surface area contributed by atoms with Gasteiger partial charge in [-0.25, -0.2) is 0 Å². The molecule has 3 aromatic carbocycles. The van der Waals surface area contributed by atoms with Crippen LogP contribution in [0.3, 0.4) is 0 Å². The van der Waals surface area contributed by atoms with E-state index in [1.165, 1.54) is 12.1 Å². The Labute approximate surface area is 214 Å². The number of fused-ring (bicyclic) bond motifs is 1. The lowest BCUT2D eigenvalue weighted by Gasteiger charge is -2.14. The van der Waals surface area contributed by atoms with E-state index in [1.807, 2.05) is 0 Å². The van der Waals surface area contributed by atoms with E-state index in [1.54, 1.807) is 67.6 Å². The maximum atomic E-state index is 14.6. The number of carbonyl (C=O) groups excluding carboxylic acids is 1. The highest BCUT2D eigenvalue weighted by Gasteiger charge is 2.42. The van der Waals surface area contributed by atoms with Gasteiger partial charge in [-0.3, -0.25) is 4.79 Å². The maximum Gasteiger partial charge on any atom is 0.432 e. The van der Waals surface area contributed by atoms with Crippen molar-refractivity contribution in [2.24, 2.45) is 0 Å². The molecule has 0 aliphatic carbocycles. The number of nitrogens with zero attached hydrogens (tertiary/aromatic N) is 3. The third-order valence-electron chi connectivity index (χ3n) is 5.74. The number of halogens is 4. The molecule has 2 heterocycles. The standard InChI is InChI=1S/C27H19ClF3N3O3/c1-2-36-19-12-13-21-20(14-19)22(23(35)26-33-32-25(37-26)17-6-4-3-5-7-17)24(27(29,30)31)34(21)15-16-8-10-18(28)11-9-16/h3-14H,2,15H2,1H3. The molecule has 37 heavy (non-hydrogen) atoms. The van der Waals surface area contributed by atoms with Crippen LogP contribution in [0.4, 0.5) is 13.2 Å². The minimum absolute atomic E-state index is 0.0254. The lowest BCUT2D eigenvalue weighted by molar-refractivity contribution is -0.143. The molecule has 188 valence electrons. The number of ketones is 1. The first kappa shape index (κ1) is 24.6. The number of rotatable bonds is 7. The van der Waals surface area contributed by atoms with E-state index < -0.39 is 29.1 Å². The topological polar surface area (TPSA) is 70.2 Å². The van der Waals surface area contributed by atoms with Crippen molar-refractivity contribution >= 4 is 28.3 Å². The highest BCUT2D eigenvalue weighted by molar-refractivity contribution is 6.30. The molecule has 6 nitrogen and oxygen atoms in total. The number of aromatic nitrogens is 3. The monoisotopic (exact) mass is 525 g/mol. The fraction of sp³-hybridized carbons (Fsp3) is 0.148. The Kier molecular flexibility index (Phi) is 6.47. The number of alkyl halides is 3. The third-order valence-corrected chi connectivity index (χ3v) is 5.99. The quantitative estimate of drug-likeness (QED) is 0.213. The molecule has 5 rings (SSSR count). The normalized spacial score (nSPS) is 11.7.